The zero-order valence-corrected chi connectivity index (χ0v) is 18.8. The van der Waals surface area contributed by atoms with Gasteiger partial charge in [-0.25, -0.2) is 0 Å². The predicted octanol–water partition coefficient (Wildman–Crippen LogP) is 3.19. The van der Waals surface area contributed by atoms with Crippen LogP contribution in [0.3, 0.4) is 0 Å². The van der Waals surface area contributed by atoms with Gasteiger partial charge in [0.25, 0.3) is 0 Å². The Balaban J connectivity index is 1.99. The molecule has 0 aliphatic heterocycles. The molecular formula is C25H35N3O3. The molecule has 2 atom stereocenters. The molecule has 0 heterocycles. The van der Waals surface area contributed by atoms with Crippen LogP contribution in [0.1, 0.15) is 44.7 Å². The van der Waals surface area contributed by atoms with Crippen molar-refractivity contribution in [3.05, 3.63) is 65.7 Å². The number of carbonyl (C=O) groups is 2. The summed E-state index contributed by atoms with van der Waals surface area (Å²) >= 11 is 0. The van der Waals surface area contributed by atoms with E-state index in [0.717, 1.165) is 23.3 Å². The summed E-state index contributed by atoms with van der Waals surface area (Å²) in [5, 5.41) is 5.70. The number of hydrogen-bond donors (Lipinski definition) is 3. The van der Waals surface area contributed by atoms with E-state index in [1.165, 1.54) is 0 Å². The summed E-state index contributed by atoms with van der Waals surface area (Å²) < 4.78 is 5.82. The van der Waals surface area contributed by atoms with Crippen molar-refractivity contribution in [3.63, 3.8) is 0 Å². The van der Waals surface area contributed by atoms with Crippen molar-refractivity contribution in [1.82, 2.24) is 10.6 Å². The highest BCUT2D eigenvalue weighted by Crippen LogP contribution is 2.16. The van der Waals surface area contributed by atoms with Crippen molar-refractivity contribution < 1.29 is 14.3 Å². The van der Waals surface area contributed by atoms with E-state index in [2.05, 4.69) is 10.6 Å². The molecule has 168 valence electrons. The van der Waals surface area contributed by atoms with Crippen LogP contribution in [0.2, 0.25) is 0 Å². The van der Waals surface area contributed by atoms with Gasteiger partial charge in [0.15, 0.2) is 0 Å². The third-order valence-corrected chi connectivity index (χ3v) is 4.86. The second kappa shape index (κ2) is 12.7. The van der Waals surface area contributed by atoms with Crippen molar-refractivity contribution in [1.29, 1.82) is 0 Å². The first-order chi connectivity index (χ1) is 14.9. The summed E-state index contributed by atoms with van der Waals surface area (Å²) in [6.07, 6.45) is 1.78. The fraction of sp³-hybridized carbons (Fsp3) is 0.440. The number of amides is 2. The fourth-order valence-electron chi connectivity index (χ4n) is 3.17. The van der Waals surface area contributed by atoms with Gasteiger partial charge in [0.2, 0.25) is 11.8 Å². The lowest BCUT2D eigenvalue weighted by Crippen LogP contribution is -2.52. The summed E-state index contributed by atoms with van der Waals surface area (Å²) in [4.78, 5) is 25.1. The van der Waals surface area contributed by atoms with Crippen LogP contribution in [-0.2, 0) is 22.6 Å². The van der Waals surface area contributed by atoms with Gasteiger partial charge in [0.1, 0.15) is 18.4 Å². The van der Waals surface area contributed by atoms with Crippen LogP contribution in [0.5, 0.6) is 5.75 Å². The van der Waals surface area contributed by atoms with Gasteiger partial charge in [-0.2, -0.15) is 0 Å². The molecule has 6 heteroatoms. The van der Waals surface area contributed by atoms with E-state index in [1.807, 2.05) is 75.4 Å². The molecule has 0 radical (unpaired) electrons. The van der Waals surface area contributed by atoms with Crippen LogP contribution in [0, 0.1) is 5.92 Å². The summed E-state index contributed by atoms with van der Waals surface area (Å²) in [6, 6.07) is 16.3. The third kappa shape index (κ3) is 8.80. The number of rotatable bonds is 12. The molecule has 2 unspecified atom stereocenters. The Morgan fingerprint density at radius 1 is 0.968 bits per heavy atom. The second-order valence-corrected chi connectivity index (χ2v) is 8.21. The lowest BCUT2D eigenvalue weighted by molar-refractivity contribution is -0.129. The van der Waals surface area contributed by atoms with E-state index in [0.29, 0.717) is 31.9 Å². The number of carbonyl (C=O) groups excluding carboxylic acids is 2. The van der Waals surface area contributed by atoms with Gasteiger partial charge in [-0.05, 0) is 42.0 Å². The maximum absolute atomic E-state index is 12.6. The number of nitrogens with one attached hydrogen (secondary N) is 2. The largest absolute Gasteiger partial charge is 0.489 e. The van der Waals surface area contributed by atoms with E-state index >= 15 is 0 Å². The van der Waals surface area contributed by atoms with Crippen LogP contribution in [0.25, 0.3) is 0 Å². The van der Waals surface area contributed by atoms with Crippen LogP contribution >= 0.6 is 0 Å². The average molecular weight is 426 g/mol. The van der Waals surface area contributed by atoms with Gasteiger partial charge in [0, 0.05) is 13.0 Å². The van der Waals surface area contributed by atoms with Gasteiger partial charge in [0.05, 0.1) is 6.04 Å². The number of ether oxygens (including phenoxy) is 1. The summed E-state index contributed by atoms with van der Waals surface area (Å²) in [7, 11) is 0. The Hall–Kier alpha value is -2.86. The Labute approximate surface area is 185 Å². The van der Waals surface area contributed by atoms with E-state index in [-0.39, 0.29) is 11.8 Å². The summed E-state index contributed by atoms with van der Waals surface area (Å²) in [5.41, 5.74) is 8.03. The topological polar surface area (TPSA) is 93.5 Å². The van der Waals surface area contributed by atoms with Gasteiger partial charge in [-0.1, -0.05) is 63.2 Å². The first-order valence-corrected chi connectivity index (χ1v) is 11.0. The van der Waals surface area contributed by atoms with E-state index in [4.69, 9.17) is 10.5 Å². The maximum Gasteiger partial charge on any atom is 0.242 e. The van der Waals surface area contributed by atoms with E-state index in [9.17, 15) is 9.59 Å². The van der Waals surface area contributed by atoms with Gasteiger partial charge in [-0.15, -0.1) is 0 Å². The molecule has 0 bridgehead atoms. The first-order valence-electron chi connectivity index (χ1n) is 11.0. The van der Waals surface area contributed by atoms with Crippen molar-refractivity contribution in [2.24, 2.45) is 11.7 Å². The Morgan fingerprint density at radius 2 is 1.65 bits per heavy atom. The molecule has 0 saturated heterocycles. The van der Waals surface area contributed by atoms with Crippen molar-refractivity contribution in [3.8, 4) is 5.75 Å². The number of nitrogens with two attached hydrogens (primary N) is 1. The minimum absolute atomic E-state index is 0.198. The molecule has 0 aromatic heterocycles. The molecular weight excluding hydrogens is 390 g/mol. The van der Waals surface area contributed by atoms with Crippen molar-refractivity contribution >= 4 is 11.8 Å². The van der Waals surface area contributed by atoms with Crippen LogP contribution in [-0.4, -0.2) is 30.4 Å². The van der Waals surface area contributed by atoms with Crippen molar-refractivity contribution in [2.75, 3.05) is 6.54 Å². The molecule has 31 heavy (non-hydrogen) atoms. The van der Waals surface area contributed by atoms with Crippen LogP contribution in [0.15, 0.2) is 54.6 Å². The molecule has 6 nitrogen and oxygen atoms in total. The molecule has 2 aromatic carbocycles. The first kappa shape index (κ1) is 24.4. The van der Waals surface area contributed by atoms with Gasteiger partial charge >= 0.3 is 0 Å². The Bertz CT molecular complexity index is 807. The smallest absolute Gasteiger partial charge is 0.242 e. The van der Waals surface area contributed by atoms with E-state index in [1.54, 1.807) is 0 Å². The lowest BCUT2D eigenvalue weighted by atomic mass is 10.0. The predicted molar refractivity (Wildman–Crippen MR) is 124 cm³/mol. The molecule has 2 amide bonds. The number of hydrogen-bond acceptors (Lipinski definition) is 4. The normalized spacial score (nSPS) is 12.8. The maximum atomic E-state index is 12.6. The Kier molecular flexibility index (Phi) is 10.0. The molecule has 2 aromatic rings. The molecule has 0 fully saturated rings. The van der Waals surface area contributed by atoms with Crippen molar-refractivity contribution in [2.45, 2.75) is 58.7 Å². The fourth-order valence-corrected chi connectivity index (χ4v) is 3.17. The molecule has 4 N–H and O–H groups in total. The quantitative estimate of drug-likeness (QED) is 0.487. The third-order valence-electron chi connectivity index (χ3n) is 4.86. The molecule has 0 aliphatic rings. The standard InChI is InChI=1S/C25H35N3O3/c1-4-14-27-25(30)23(28-24(29)22(26)15-18(2)3)16-19-10-12-21(13-11-19)31-17-20-8-6-5-7-9-20/h5-13,18,22-23H,4,14-17,26H2,1-3H3,(H,27,30)(H,28,29). The second-order valence-electron chi connectivity index (χ2n) is 8.21. The molecule has 2 rings (SSSR count). The SMILES string of the molecule is CCCNC(=O)C(Cc1ccc(OCc2ccccc2)cc1)NC(=O)C(N)CC(C)C. The monoisotopic (exact) mass is 425 g/mol. The average Bonchev–Trinajstić information content (AvgIpc) is 2.76. The zero-order valence-electron chi connectivity index (χ0n) is 18.8. The number of benzene rings is 2. The molecule has 0 spiro atoms. The highest BCUT2D eigenvalue weighted by atomic mass is 16.5. The minimum Gasteiger partial charge on any atom is -0.489 e. The summed E-state index contributed by atoms with van der Waals surface area (Å²) in [5.74, 6) is 0.559. The highest BCUT2D eigenvalue weighted by molar-refractivity contribution is 5.89. The van der Waals surface area contributed by atoms with Crippen LogP contribution < -0.4 is 21.1 Å². The highest BCUT2D eigenvalue weighted by Gasteiger charge is 2.24. The molecule has 0 saturated carbocycles. The van der Waals surface area contributed by atoms with Crippen LogP contribution in [0.4, 0.5) is 0 Å². The van der Waals surface area contributed by atoms with E-state index < -0.39 is 12.1 Å². The molecule has 0 aliphatic carbocycles. The van der Waals surface area contributed by atoms with Gasteiger partial charge in [-0.3, -0.25) is 9.59 Å². The van der Waals surface area contributed by atoms with Gasteiger partial charge < -0.3 is 21.1 Å². The lowest BCUT2D eigenvalue weighted by Gasteiger charge is -2.21. The Morgan fingerprint density at radius 3 is 2.26 bits per heavy atom. The zero-order chi connectivity index (χ0) is 22.6. The summed E-state index contributed by atoms with van der Waals surface area (Å²) in [6.45, 7) is 7.07. The minimum atomic E-state index is -0.673.